The van der Waals surface area contributed by atoms with Crippen LogP contribution in [0.25, 0.3) is 10.9 Å². The number of amides is 1. The largest absolute Gasteiger partial charge is 0.351 e. The van der Waals surface area contributed by atoms with Crippen molar-refractivity contribution in [1.29, 1.82) is 0 Å². The van der Waals surface area contributed by atoms with Crippen molar-refractivity contribution < 1.29 is 4.79 Å². The third kappa shape index (κ3) is 2.16. The molecule has 0 saturated heterocycles. The molecule has 0 radical (unpaired) electrons. The Morgan fingerprint density at radius 1 is 1.28 bits per heavy atom. The quantitative estimate of drug-likeness (QED) is 0.779. The minimum absolute atomic E-state index is 0.00787. The van der Waals surface area contributed by atoms with Crippen LogP contribution in [0.2, 0.25) is 0 Å². The number of nitrogens with one attached hydrogen (secondary N) is 2. The first-order valence-corrected chi connectivity index (χ1v) is 6.36. The highest BCUT2D eigenvalue weighted by atomic mass is 16.1. The molecule has 1 aliphatic carbocycles. The summed E-state index contributed by atoms with van der Waals surface area (Å²) >= 11 is 0. The SMILES string of the molecule is O=C(NC1CC=CCC1)c1cc2ccccc2[nH]1. The molecule has 0 spiro atoms. The first kappa shape index (κ1) is 11.1. The molecule has 0 fully saturated rings. The summed E-state index contributed by atoms with van der Waals surface area (Å²) in [5, 5.41) is 4.15. The molecule has 18 heavy (non-hydrogen) atoms. The summed E-state index contributed by atoms with van der Waals surface area (Å²) in [5.74, 6) is -0.00787. The summed E-state index contributed by atoms with van der Waals surface area (Å²) in [5.41, 5.74) is 1.65. The Balaban J connectivity index is 1.77. The van der Waals surface area contributed by atoms with E-state index in [1.165, 1.54) is 0 Å². The standard InChI is InChI=1S/C15H16N2O/c18-15(16-12-7-2-1-3-8-12)14-10-11-6-4-5-9-13(11)17-14/h1-2,4-6,9-10,12,17H,3,7-8H2,(H,16,18). The fraction of sp³-hybridized carbons (Fsp3) is 0.267. The number of rotatable bonds is 2. The van der Waals surface area contributed by atoms with Gasteiger partial charge in [0.2, 0.25) is 0 Å². The summed E-state index contributed by atoms with van der Waals surface area (Å²) in [6, 6.07) is 10.1. The van der Waals surface area contributed by atoms with Gasteiger partial charge in [-0.05, 0) is 31.4 Å². The van der Waals surface area contributed by atoms with E-state index in [1.54, 1.807) is 0 Å². The maximum atomic E-state index is 12.1. The number of aromatic amines is 1. The van der Waals surface area contributed by atoms with Gasteiger partial charge < -0.3 is 10.3 Å². The van der Waals surface area contributed by atoms with Gasteiger partial charge in [-0.1, -0.05) is 30.4 Å². The van der Waals surface area contributed by atoms with E-state index in [4.69, 9.17) is 0 Å². The maximum Gasteiger partial charge on any atom is 0.267 e. The van der Waals surface area contributed by atoms with E-state index >= 15 is 0 Å². The molecule has 1 aliphatic rings. The van der Waals surface area contributed by atoms with Crippen LogP contribution in [0.1, 0.15) is 29.8 Å². The van der Waals surface area contributed by atoms with Gasteiger partial charge in [0, 0.05) is 16.9 Å². The summed E-state index contributed by atoms with van der Waals surface area (Å²) in [4.78, 5) is 15.3. The normalized spacial score (nSPS) is 19.0. The van der Waals surface area contributed by atoms with Crippen molar-refractivity contribution in [1.82, 2.24) is 10.3 Å². The molecule has 0 bridgehead atoms. The number of aromatic nitrogens is 1. The molecule has 0 aliphatic heterocycles. The Labute approximate surface area is 106 Å². The molecule has 1 atom stereocenters. The molecule has 1 unspecified atom stereocenters. The third-order valence-corrected chi connectivity index (χ3v) is 3.38. The molecule has 1 aromatic carbocycles. The minimum atomic E-state index is -0.00787. The minimum Gasteiger partial charge on any atom is -0.351 e. The zero-order valence-corrected chi connectivity index (χ0v) is 10.1. The molecule has 2 N–H and O–H groups in total. The van der Waals surface area contributed by atoms with E-state index in [0.29, 0.717) is 5.69 Å². The lowest BCUT2D eigenvalue weighted by Gasteiger charge is -2.18. The van der Waals surface area contributed by atoms with Crippen molar-refractivity contribution in [2.45, 2.75) is 25.3 Å². The van der Waals surface area contributed by atoms with Crippen molar-refractivity contribution >= 4 is 16.8 Å². The Kier molecular flexibility index (Phi) is 2.89. The lowest BCUT2D eigenvalue weighted by atomic mass is 10.0. The van der Waals surface area contributed by atoms with Gasteiger partial charge in [-0.3, -0.25) is 4.79 Å². The van der Waals surface area contributed by atoms with Gasteiger partial charge in [-0.25, -0.2) is 0 Å². The summed E-state index contributed by atoms with van der Waals surface area (Å²) < 4.78 is 0. The molecule has 3 nitrogen and oxygen atoms in total. The van der Waals surface area contributed by atoms with Crippen LogP contribution in [0, 0.1) is 0 Å². The Morgan fingerprint density at radius 2 is 2.17 bits per heavy atom. The lowest BCUT2D eigenvalue weighted by Crippen LogP contribution is -2.35. The highest BCUT2D eigenvalue weighted by Gasteiger charge is 2.15. The molecule has 3 heteroatoms. The topological polar surface area (TPSA) is 44.9 Å². The number of hydrogen-bond donors (Lipinski definition) is 2. The fourth-order valence-electron chi connectivity index (χ4n) is 2.38. The molecule has 2 aromatic rings. The van der Waals surface area contributed by atoms with Crippen molar-refractivity contribution in [2.24, 2.45) is 0 Å². The van der Waals surface area contributed by atoms with Crippen molar-refractivity contribution in [3.05, 3.63) is 48.2 Å². The number of carbonyl (C=O) groups excluding carboxylic acids is 1. The second kappa shape index (κ2) is 4.69. The number of H-pyrrole nitrogens is 1. The smallest absolute Gasteiger partial charge is 0.267 e. The summed E-state index contributed by atoms with van der Waals surface area (Å²) in [7, 11) is 0. The molecular weight excluding hydrogens is 224 g/mol. The van der Waals surface area contributed by atoms with Crippen molar-refractivity contribution in [3.8, 4) is 0 Å². The van der Waals surface area contributed by atoms with E-state index in [1.807, 2.05) is 30.3 Å². The number of para-hydroxylation sites is 1. The van der Waals surface area contributed by atoms with E-state index in [-0.39, 0.29) is 11.9 Å². The average Bonchev–Trinajstić information content (AvgIpc) is 2.84. The van der Waals surface area contributed by atoms with Gasteiger partial charge in [0.25, 0.3) is 5.91 Å². The highest BCUT2D eigenvalue weighted by molar-refractivity contribution is 5.98. The van der Waals surface area contributed by atoms with Gasteiger partial charge in [-0.15, -0.1) is 0 Å². The van der Waals surface area contributed by atoms with Crippen LogP contribution in [-0.2, 0) is 0 Å². The molecule has 1 amide bonds. The maximum absolute atomic E-state index is 12.1. The zero-order chi connectivity index (χ0) is 12.4. The van der Waals surface area contributed by atoms with Crippen LogP contribution in [-0.4, -0.2) is 16.9 Å². The number of carbonyl (C=O) groups is 1. The predicted molar refractivity (Wildman–Crippen MR) is 72.5 cm³/mol. The van der Waals surface area contributed by atoms with Gasteiger partial charge in [-0.2, -0.15) is 0 Å². The van der Waals surface area contributed by atoms with E-state index in [2.05, 4.69) is 22.5 Å². The lowest BCUT2D eigenvalue weighted by molar-refractivity contribution is 0.0930. The van der Waals surface area contributed by atoms with Crippen LogP contribution < -0.4 is 5.32 Å². The van der Waals surface area contributed by atoms with Crippen molar-refractivity contribution in [3.63, 3.8) is 0 Å². The number of allylic oxidation sites excluding steroid dienone is 1. The Morgan fingerprint density at radius 3 is 2.94 bits per heavy atom. The van der Waals surface area contributed by atoms with Crippen LogP contribution in [0.3, 0.4) is 0 Å². The zero-order valence-electron chi connectivity index (χ0n) is 10.1. The number of benzene rings is 1. The van der Waals surface area contributed by atoms with Crippen LogP contribution in [0.15, 0.2) is 42.5 Å². The molecular formula is C15H16N2O. The molecule has 1 heterocycles. The van der Waals surface area contributed by atoms with Gasteiger partial charge >= 0.3 is 0 Å². The highest BCUT2D eigenvalue weighted by Crippen LogP contribution is 2.16. The average molecular weight is 240 g/mol. The Bertz CT molecular complexity index is 564. The van der Waals surface area contributed by atoms with Crippen LogP contribution in [0.4, 0.5) is 0 Å². The van der Waals surface area contributed by atoms with Gasteiger partial charge in [0.05, 0.1) is 0 Å². The number of fused-ring (bicyclic) bond motifs is 1. The third-order valence-electron chi connectivity index (χ3n) is 3.38. The first-order chi connectivity index (χ1) is 8.83. The predicted octanol–water partition coefficient (Wildman–Crippen LogP) is 3.01. The van der Waals surface area contributed by atoms with Gasteiger partial charge in [0.15, 0.2) is 0 Å². The Hall–Kier alpha value is -2.03. The summed E-state index contributed by atoms with van der Waals surface area (Å²) in [6.07, 6.45) is 7.33. The fourth-order valence-corrected chi connectivity index (χ4v) is 2.38. The second-order valence-corrected chi connectivity index (χ2v) is 4.73. The van der Waals surface area contributed by atoms with Crippen molar-refractivity contribution in [2.75, 3.05) is 0 Å². The van der Waals surface area contributed by atoms with E-state index < -0.39 is 0 Å². The first-order valence-electron chi connectivity index (χ1n) is 6.36. The second-order valence-electron chi connectivity index (χ2n) is 4.73. The molecule has 1 aromatic heterocycles. The molecule has 3 rings (SSSR count). The molecule has 92 valence electrons. The summed E-state index contributed by atoms with van der Waals surface area (Å²) in [6.45, 7) is 0. The number of hydrogen-bond acceptors (Lipinski definition) is 1. The van der Waals surface area contributed by atoms with E-state index in [0.717, 1.165) is 30.2 Å². The van der Waals surface area contributed by atoms with Crippen LogP contribution in [0.5, 0.6) is 0 Å². The van der Waals surface area contributed by atoms with E-state index in [9.17, 15) is 4.79 Å². The van der Waals surface area contributed by atoms with Gasteiger partial charge in [0.1, 0.15) is 5.69 Å². The molecule has 0 saturated carbocycles. The van der Waals surface area contributed by atoms with Crippen LogP contribution >= 0.6 is 0 Å². The monoisotopic (exact) mass is 240 g/mol.